The van der Waals surface area contributed by atoms with Crippen molar-refractivity contribution in [2.75, 3.05) is 0 Å². The number of aliphatic hydroxyl groups is 5. The molecule has 0 heterocycles. The molecule has 4 atom stereocenters. The summed E-state index contributed by atoms with van der Waals surface area (Å²) in [5.74, 6) is -1.15. The molecule has 0 saturated heterocycles. The largest absolute Gasteiger partial charge is 0.500 e. The first-order chi connectivity index (χ1) is 6.82. The summed E-state index contributed by atoms with van der Waals surface area (Å²) in [6.45, 7) is 0.961. The van der Waals surface area contributed by atoms with Crippen LogP contribution in [0, 0.1) is 0 Å². The summed E-state index contributed by atoms with van der Waals surface area (Å²) in [5.41, 5.74) is 0. The summed E-state index contributed by atoms with van der Waals surface area (Å²) >= 11 is 0. The maximum atomic E-state index is 10.6. The van der Waals surface area contributed by atoms with Crippen LogP contribution in [0.25, 0.3) is 0 Å². The zero-order chi connectivity index (χ0) is 12.2. The van der Waals surface area contributed by atoms with Crippen molar-refractivity contribution in [3.63, 3.8) is 0 Å². The highest BCUT2D eigenvalue weighted by atomic mass is 16.4. The van der Waals surface area contributed by atoms with Gasteiger partial charge in [0.05, 0.1) is 0 Å². The van der Waals surface area contributed by atoms with Crippen molar-refractivity contribution in [2.45, 2.75) is 31.3 Å². The summed E-state index contributed by atoms with van der Waals surface area (Å²) in [6.07, 6.45) is -8.08. The second kappa shape index (κ2) is 5.59. The van der Waals surface area contributed by atoms with Gasteiger partial charge in [0, 0.05) is 0 Å². The van der Waals surface area contributed by atoms with Crippen LogP contribution in [-0.4, -0.2) is 61.7 Å². The molecule has 0 saturated carbocycles. The number of Topliss-reactive ketones (excluding diaryl/α,β-unsaturated/α-hetero) is 1. The molecular formula is C8H12O7. The number of carbonyl (C=O) groups excluding carboxylic acids is 2. The molecule has 7 nitrogen and oxygen atoms in total. The minimum Gasteiger partial charge on any atom is -0.500 e. The average molecular weight is 220 g/mol. The van der Waals surface area contributed by atoms with E-state index in [1.54, 1.807) is 0 Å². The second-order valence-electron chi connectivity index (χ2n) is 2.97. The van der Waals surface area contributed by atoms with E-state index in [2.05, 4.69) is 0 Å². The maximum absolute atomic E-state index is 10.6. The van der Waals surface area contributed by atoms with Gasteiger partial charge in [0.15, 0.2) is 17.8 Å². The normalized spacial score (nSPS) is 18.5. The van der Waals surface area contributed by atoms with Gasteiger partial charge in [0.1, 0.15) is 18.3 Å². The van der Waals surface area contributed by atoms with Crippen molar-refractivity contribution in [1.29, 1.82) is 0 Å². The van der Waals surface area contributed by atoms with Crippen LogP contribution < -0.4 is 0 Å². The van der Waals surface area contributed by atoms with E-state index < -0.39 is 36.0 Å². The highest BCUT2D eigenvalue weighted by molar-refractivity contribution is 5.80. The van der Waals surface area contributed by atoms with Gasteiger partial charge in [0.25, 0.3) is 0 Å². The molecule has 0 radical (unpaired) electrons. The van der Waals surface area contributed by atoms with Crippen LogP contribution in [0.1, 0.15) is 6.92 Å². The summed E-state index contributed by atoms with van der Waals surface area (Å²) in [7, 11) is 0. The fourth-order valence-corrected chi connectivity index (χ4v) is 0.836. The number of carbonyl (C=O) groups is 1. The monoisotopic (exact) mass is 220 g/mol. The van der Waals surface area contributed by atoms with Crippen LogP contribution in [0.15, 0.2) is 5.76 Å². The Labute approximate surface area is 84.9 Å². The van der Waals surface area contributed by atoms with Gasteiger partial charge >= 0.3 is 0 Å². The molecule has 0 fully saturated rings. The van der Waals surface area contributed by atoms with E-state index in [1.165, 1.54) is 0 Å². The van der Waals surface area contributed by atoms with Gasteiger partial charge in [-0.15, -0.1) is 0 Å². The van der Waals surface area contributed by atoms with Crippen LogP contribution in [-0.2, 0) is 9.59 Å². The van der Waals surface area contributed by atoms with Crippen LogP contribution in [0.2, 0.25) is 0 Å². The Morgan fingerprint density at radius 3 is 1.80 bits per heavy atom. The summed E-state index contributed by atoms with van der Waals surface area (Å²) in [4.78, 5) is 20.5. The number of rotatable bonds is 5. The number of ketones is 1. The Hall–Kier alpha value is -1.24. The van der Waals surface area contributed by atoms with Gasteiger partial charge < -0.3 is 25.5 Å². The minimum atomic E-state index is -2.11. The third-order valence-corrected chi connectivity index (χ3v) is 1.80. The van der Waals surface area contributed by atoms with E-state index in [9.17, 15) is 9.59 Å². The van der Waals surface area contributed by atoms with E-state index >= 15 is 0 Å². The van der Waals surface area contributed by atoms with Gasteiger partial charge in [-0.2, -0.15) is 0 Å². The highest BCUT2D eigenvalue weighted by Gasteiger charge is 2.34. The highest BCUT2D eigenvalue weighted by Crippen LogP contribution is 2.09. The smallest absolute Gasteiger partial charge is 0.208 e. The molecule has 0 spiro atoms. The standard InChI is InChI=1S/C8H12O7/c1-3(10)5(12)7(14)8(15)6(13)4(11)2-9/h5-8,11-15H,1H3/t5-,6-,7-,8-/m1/s1. The van der Waals surface area contributed by atoms with E-state index in [0.29, 0.717) is 0 Å². The van der Waals surface area contributed by atoms with Crippen LogP contribution in [0.5, 0.6) is 0 Å². The Kier molecular flexibility index (Phi) is 5.13. The minimum absolute atomic E-state index is 0.830. The third-order valence-electron chi connectivity index (χ3n) is 1.80. The summed E-state index contributed by atoms with van der Waals surface area (Å²) < 4.78 is 0. The van der Waals surface area contributed by atoms with Gasteiger partial charge in [0.2, 0.25) is 5.76 Å². The lowest BCUT2D eigenvalue weighted by Gasteiger charge is -2.23. The van der Waals surface area contributed by atoms with Gasteiger partial charge in [-0.1, -0.05) is 0 Å². The van der Waals surface area contributed by atoms with Crippen LogP contribution in [0.4, 0.5) is 0 Å². The Morgan fingerprint density at radius 2 is 1.47 bits per heavy atom. The predicted molar refractivity (Wildman–Crippen MR) is 46.5 cm³/mol. The molecule has 15 heavy (non-hydrogen) atoms. The third kappa shape index (κ3) is 3.43. The van der Waals surface area contributed by atoms with Crippen molar-refractivity contribution < 1.29 is 35.1 Å². The topological polar surface area (TPSA) is 135 Å². The maximum Gasteiger partial charge on any atom is 0.208 e. The molecule has 0 rings (SSSR count). The first-order valence-corrected chi connectivity index (χ1v) is 3.99. The fraction of sp³-hybridized carbons (Fsp3) is 0.625. The van der Waals surface area contributed by atoms with E-state index in [0.717, 1.165) is 12.9 Å². The molecule has 0 unspecified atom stereocenters. The Bertz CT molecular complexity index is 281. The van der Waals surface area contributed by atoms with Crippen molar-refractivity contribution in [3.05, 3.63) is 5.76 Å². The molecule has 0 aliphatic carbocycles. The van der Waals surface area contributed by atoms with Crippen LogP contribution >= 0.6 is 0 Å². The van der Waals surface area contributed by atoms with Gasteiger partial charge in [-0.05, 0) is 6.92 Å². The van der Waals surface area contributed by atoms with Gasteiger partial charge in [-0.3, -0.25) is 4.79 Å². The molecule has 5 N–H and O–H groups in total. The Morgan fingerprint density at radius 1 is 1.07 bits per heavy atom. The molecule has 7 heteroatoms. The second-order valence-corrected chi connectivity index (χ2v) is 2.97. The zero-order valence-corrected chi connectivity index (χ0v) is 7.86. The first kappa shape index (κ1) is 13.8. The quantitative estimate of drug-likeness (QED) is 0.251. The number of aliphatic hydroxyl groups excluding tert-OH is 5. The molecule has 0 aromatic rings. The lowest BCUT2D eigenvalue weighted by atomic mass is 10.00. The van der Waals surface area contributed by atoms with Gasteiger partial charge in [-0.25, -0.2) is 4.79 Å². The molecule has 0 aliphatic rings. The van der Waals surface area contributed by atoms with E-state index in [-0.39, 0.29) is 0 Å². The molecule has 0 aliphatic heterocycles. The fourth-order valence-electron chi connectivity index (χ4n) is 0.836. The van der Waals surface area contributed by atoms with E-state index in [1.807, 2.05) is 0 Å². The predicted octanol–water partition coefficient (Wildman–Crippen LogP) is -2.71. The molecule has 0 bridgehead atoms. The van der Waals surface area contributed by atoms with E-state index in [4.69, 9.17) is 25.5 Å². The van der Waals surface area contributed by atoms with Crippen molar-refractivity contribution >= 4 is 11.7 Å². The SMILES string of the molecule is CC(=O)[C@@H](O)[C@@H](O)[C@H](O)[C@H](O)C(O)=C=O. The molecule has 86 valence electrons. The van der Waals surface area contributed by atoms with Crippen LogP contribution in [0.3, 0.4) is 0 Å². The Balaban J connectivity index is 4.64. The lowest BCUT2D eigenvalue weighted by molar-refractivity contribution is -0.142. The number of hydrogen-bond donors (Lipinski definition) is 5. The van der Waals surface area contributed by atoms with Crippen molar-refractivity contribution in [3.8, 4) is 0 Å². The lowest BCUT2D eigenvalue weighted by Crippen LogP contribution is -2.47. The van der Waals surface area contributed by atoms with Crippen molar-refractivity contribution in [2.24, 2.45) is 0 Å². The molecule has 0 amide bonds. The number of hydrogen-bond acceptors (Lipinski definition) is 7. The zero-order valence-electron chi connectivity index (χ0n) is 7.86. The first-order valence-electron chi connectivity index (χ1n) is 3.99. The summed E-state index contributed by atoms with van der Waals surface area (Å²) in [5, 5.41) is 45.0. The molecule has 0 aromatic carbocycles. The van der Waals surface area contributed by atoms with Crippen molar-refractivity contribution in [1.82, 2.24) is 0 Å². The summed E-state index contributed by atoms with van der Waals surface area (Å²) in [6, 6.07) is 0. The molecule has 0 aromatic heterocycles. The molecular weight excluding hydrogens is 208 g/mol. The average Bonchev–Trinajstić information content (AvgIpc) is 2.23.